The van der Waals surface area contributed by atoms with Crippen LogP contribution in [0.1, 0.15) is 30.9 Å². The van der Waals surface area contributed by atoms with Gasteiger partial charge in [0, 0.05) is 30.0 Å². The number of β-amino-alcohol motifs (C(OH)–C–C–N with tert-alkyl or cyclic N) is 1. The normalized spacial score (nSPS) is 26.3. The summed E-state index contributed by atoms with van der Waals surface area (Å²) in [4.78, 5) is 57.8. The van der Waals surface area contributed by atoms with Crippen LogP contribution < -0.4 is 15.0 Å². The van der Waals surface area contributed by atoms with Gasteiger partial charge in [-0.2, -0.15) is 0 Å². The monoisotopic (exact) mass is 709 g/mol. The van der Waals surface area contributed by atoms with E-state index in [9.17, 15) is 24.3 Å². The Kier molecular flexibility index (Phi) is 10.8. The molecule has 2 bridgehead atoms. The minimum absolute atomic E-state index is 0.0294. The highest BCUT2D eigenvalue weighted by Crippen LogP contribution is 2.60. The molecule has 0 aliphatic carbocycles. The number of ether oxygens (including phenoxy) is 3. The molecule has 1 unspecified atom stereocenters. The lowest BCUT2D eigenvalue weighted by atomic mass is 9.70. The lowest BCUT2D eigenvalue weighted by Gasteiger charge is -2.37. The quantitative estimate of drug-likeness (QED) is 0.164. The second-order valence-corrected chi connectivity index (χ2v) is 13.0. The average Bonchev–Trinajstić information content (AvgIpc) is 3.68. The fraction of sp³-hybridized carbons (Fsp3) is 0.429. The van der Waals surface area contributed by atoms with Crippen LogP contribution >= 0.6 is 15.9 Å². The van der Waals surface area contributed by atoms with E-state index in [1.165, 1.54) is 9.80 Å². The number of carbonyl (C=O) groups is 4. The van der Waals surface area contributed by atoms with Gasteiger partial charge < -0.3 is 34.4 Å². The maximum absolute atomic E-state index is 14.5. The van der Waals surface area contributed by atoms with Crippen molar-refractivity contribution in [2.24, 2.45) is 11.8 Å². The number of aliphatic hydroxyl groups excluding tert-OH is 1. The smallest absolute Gasteiger partial charge is 0.313 e. The molecule has 2 aromatic rings. The molecule has 2 aromatic carbocycles. The summed E-state index contributed by atoms with van der Waals surface area (Å²) in [6, 6.07) is 14.9. The van der Waals surface area contributed by atoms with Crippen molar-refractivity contribution in [3.8, 4) is 5.75 Å². The van der Waals surface area contributed by atoms with E-state index < -0.39 is 53.5 Å². The van der Waals surface area contributed by atoms with Gasteiger partial charge in [-0.1, -0.05) is 58.4 Å². The van der Waals surface area contributed by atoms with Crippen LogP contribution in [0.3, 0.4) is 0 Å². The van der Waals surface area contributed by atoms with Crippen molar-refractivity contribution in [2.45, 2.75) is 47.9 Å². The number of methoxy groups -OCH3 is 1. The third-order valence-corrected chi connectivity index (χ3v) is 9.93. The molecule has 12 heteroatoms. The highest BCUT2D eigenvalue weighted by molar-refractivity contribution is 9.09. The molecule has 0 aromatic heterocycles. The Morgan fingerprint density at radius 3 is 2.53 bits per heavy atom. The number of likely N-dealkylation sites (tertiary alicyclic amines) is 1. The molecule has 47 heavy (non-hydrogen) atoms. The second kappa shape index (κ2) is 14.8. The molecule has 3 aliphatic heterocycles. The molecule has 7 atom stereocenters. The van der Waals surface area contributed by atoms with Gasteiger partial charge >= 0.3 is 5.97 Å². The molecular weight excluding hydrogens is 670 g/mol. The molecule has 3 fully saturated rings. The van der Waals surface area contributed by atoms with E-state index in [1.807, 2.05) is 6.07 Å². The topological polar surface area (TPSA) is 135 Å². The zero-order chi connectivity index (χ0) is 33.7. The number of fused-ring (bicyclic) bond motifs is 1. The molecule has 3 heterocycles. The van der Waals surface area contributed by atoms with Crippen LogP contribution in [0, 0.1) is 11.8 Å². The van der Waals surface area contributed by atoms with Crippen molar-refractivity contribution < 1.29 is 38.5 Å². The summed E-state index contributed by atoms with van der Waals surface area (Å²) in [5.74, 6) is -3.18. The molecule has 3 aliphatic rings. The zero-order valence-corrected chi connectivity index (χ0v) is 27.8. The number of benzene rings is 2. The number of nitrogens with zero attached hydrogens (tertiary/aromatic N) is 2. The standard InChI is InChI=1S/C35H40BrN3O8/c1-4-6-12-27(41)37-21-26(22-10-8-7-9-11-22)46-34(44)28-29-32(42)39(18-19-40)31(35(29)20-25(36)30(28)47-35)33(43)38(17-5-2)23-13-15-24(45-3)16-14-23/h4-5,7-11,13-16,25-26,28-31,40H,1-2,6,12,17-21H2,3H3,(H,37,41)/t25?,26-,28+,29-,30+,31+,35-/m0/s1. The predicted octanol–water partition coefficient (Wildman–Crippen LogP) is 3.32. The van der Waals surface area contributed by atoms with E-state index in [0.717, 1.165) is 0 Å². The largest absolute Gasteiger partial charge is 0.497 e. The van der Waals surface area contributed by atoms with Crippen molar-refractivity contribution in [3.05, 3.63) is 85.5 Å². The van der Waals surface area contributed by atoms with Crippen molar-refractivity contribution in [1.29, 1.82) is 0 Å². The second-order valence-electron chi connectivity index (χ2n) is 11.8. The van der Waals surface area contributed by atoms with Crippen molar-refractivity contribution in [2.75, 3.05) is 38.3 Å². The van der Waals surface area contributed by atoms with Crippen molar-refractivity contribution in [3.63, 3.8) is 0 Å². The number of anilines is 1. The number of amides is 3. The van der Waals surface area contributed by atoms with Crippen molar-refractivity contribution >= 4 is 45.3 Å². The Balaban J connectivity index is 1.46. The maximum Gasteiger partial charge on any atom is 0.313 e. The zero-order valence-electron chi connectivity index (χ0n) is 26.3. The first-order valence-electron chi connectivity index (χ1n) is 15.6. The maximum atomic E-state index is 14.5. The van der Waals surface area contributed by atoms with Crippen LogP contribution in [-0.2, 0) is 28.7 Å². The van der Waals surface area contributed by atoms with Crippen LogP contribution in [0.2, 0.25) is 0 Å². The summed E-state index contributed by atoms with van der Waals surface area (Å²) in [5, 5.41) is 12.8. The van der Waals surface area contributed by atoms with Gasteiger partial charge in [-0.25, -0.2) is 0 Å². The van der Waals surface area contributed by atoms with Gasteiger partial charge in [0.2, 0.25) is 11.8 Å². The SMILES string of the molecule is C=CCCC(=O)NC[C@H](OC(=O)[C@H]1[C@@H]2O[C@@]3(CC2Br)[C@@H]1C(=O)N(CCO)[C@@H]3C(=O)N(CC=C)c1ccc(OC)cc1)c1ccccc1. The summed E-state index contributed by atoms with van der Waals surface area (Å²) in [6.45, 7) is 7.13. The first-order valence-corrected chi connectivity index (χ1v) is 16.5. The van der Waals surface area contributed by atoms with Crippen molar-refractivity contribution in [1.82, 2.24) is 10.2 Å². The van der Waals surface area contributed by atoms with E-state index in [4.69, 9.17) is 14.2 Å². The molecule has 3 saturated heterocycles. The molecule has 250 valence electrons. The number of nitrogens with one attached hydrogen (secondary N) is 1. The molecule has 0 saturated carbocycles. The molecule has 3 amide bonds. The number of hydrogen-bond acceptors (Lipinski definition) is 8. The third-order valence-electron chi connectivity index (χ3n) is 9.09. The fourth-order valence-electron chi connectivity index (χ4n) is 7.03. The summed E-state index contributed by atoms with van der Waals surface area (Å²) < 4.78 is 17.9. The van der Waals surface area contributed by atoms with E-state index in [2.05, 4.69) is 34.4 Å². The molecule has 0 radical (unpaired) electrons. The summed E-state index contributed by atoms with van der Waals surface area (Å²) >= 11 is 3.67. The summed E-state index contributed by atoms with van der Waals surface area (Å²) in [7, 11) is 1.55. The molecule has 5 rings (SSSR count). The molecule has 2 N–H and O–H groups in total. The molecule has 1 spiro atoms. The number of hydrogen-bond donors (Lipinski definition) is 2. The Hall–Kier alpha value is -4.00. The average molecular weight is 711 g/mol. The number of carbonyl (C=O) groups excluding carboxylic acids is 4. The van der Waals surface area contributed by atoms with Crippen LogP contribution in [0.15, 0.2) is 79.9 Å². The Labute approximate surface area is 282 Å². The number of esters is 1. The Morgan fingerprint density at radius 2 is 1.89 bits per heavy atom. The minimum atomic E-state index is -1.35. The van der Waals surface area contributed by atoms with Gasteiger partial charge in [-0.3, -0.25) is 19.2 Å². The van der Waals surface area contributed by atoms with E-state index in [-0.39, 0.29) is 43.4 Å². The number of halogens is 1. The number of rotatable bonds is 15. The van der Waals surface area contributed by atoms with E-state index >= 15 is 0 Å². The third kappa shape index (κ3) is 6.59. The lowest BCUT2D eigenvalue weighted by Crippen LogP contribution is -2.57. The number of aliphatic hydroxyl groups is 1. The minimum Gasteiger partial charge on any atom is -0.497 e. The summed E-state index contributed by atoms with van der Waals surface area (Å²) in [6.07, 6.45) is 2.72. The predicted molar refractivity (Wildman–Crippen MR) is 178 cm³/mol. The first-order chi connectivity index (χ1) is 22.7. The van der Waals surface area contributed by atoms with Crippen LogP contribution in [-0.4, -0.2) is 89.6 Å². The highest BCUT2D eigenvalue weighted by atomic mass is 79.9. The van der Waals surface area contributed by atoms with Gasteiger partial charge in [0.1, 0.15) is 23.5 Å². The molecular formula is C35H40BrN3O8. The van der Waals surface area contributed by atoms with Crippen LogP contribution in [0.4, 0.5) is 5.69 Å². The lowest BCUT2D eigenvalue weighted by molar-refractivity contribution is -0.160. The number of alkyl halides is 1. The van der Waals surface area contributed by atoms with Gasteiger partial charge in [0.25, 0.3) is 5.91 Å². The highest BCUT2D eigenvalue weighted by Gasteiger charge is 2.77. The Bertz CT molecular complexity index is 1490. The van der Waals surface area contributed by atoms with Crippen LogP contribution in [0.5, 0.6) is 5.75 Å². The van der Waals surface area contributed by atoms with E-state index in [1.54, 1.807) is 67.8 Å². The Morgan fingerprint density at radius 1 is 1.17 bits per heavy atom. The first kappa shape index (κ1) is 34.3. The number of allylic oxidation sites excluding steroid dienone is 1. The summed E-state index contributed by atoms with van der Waals surface area (Å²) in [5.41, 5.74) is -0.114. The molecule has 11 nitrogen and oxygen atoms in total. The van der Waals surface area contributed by atoms with Gasteiger partial charge in [0.05, 0.1) is 38.2 Å². The van der Waals surface area contributed by atoms with E-state index in [0.29, 0.717) is 29.8 Å². The fourth-order valence-corrected chi connectivity index (χ4v) is 7.97. The van der Waals surface area contributed by atoms with Gasteiger partial charge in [-0.15, -0.1) is 13.2 Å². The van der Waals surface area contributed by atoms with Crippen LogP contribution in [0.25, 0.3) is 0 Å². The van der Waals surface area contributed by atoms with Gasteiger partial charge in [0.15, 0.2) is 0 Å². The van der Waals surface area contributed by atoms with Gasteiger partial charge in [-0.05, 0) is 42.7 Å².